The van der Waals surface area contributed by atoms with E-state index in [1.807, 2.05) is 21.1 Å². The fourth-order valence-corrected chi connectivity index (χ4v) is 11.8. The molecule has 588 valence electrons. The molecule has 0 fully saturated rings. The summed E-state index contributed by atoms with van der Waals surface area (Å²) in [5.74, 6) is -2.28. The molecule has 0 aromatic heterocycles. The van der Waals surface area contributed by atoms with Crippen molar-refractivity contribution in [2.24, 2.45) is 0 Å². The summed E-state index contributed by atoms with van der Waals surface area (Å²) >= 11 is 0. The van der Waals surface area contributed by atoms with Crippen LogP contribution in [0.5, 0.6) is 0 Å². The van der Waals surface area contributed by atoms with Gasteiger partial charge in [-0.1, -0.05) is 377 Å². The van der Waals surface area contributed by atoms with Crippen molar-refractivity contribution < 1.29 is 42.9 Å². The molecule has 0 saturated carbocycles. The van der Waals surface area contributed by atoms with Gasteiger partial charge in [-0.05, 0) is 128 Å². The van der Waals surface area contributed by atoms with Gasteiger partial charge in [0.15, 0.2) is 12.4 Å². The Morgan fingerprint density at radius 1 is 0.301 bits per heavy atom. The third-order valence-corrected chi connectivity index (χ3v) is 18.3. The smallest absolute Gasteiger partial charge is 0.306 e. The molecule has 103 heavy (non-hydrogen) atoms. The first kappa shape index (κ1) is 97.9. The van der Waals surface area contributed by atoms with Gasteiger partial charge in [0.2, 0.25) is 0 Å². The molecule has 0 rings (SSSR count). The SMILES string of the molecule is CC/C=C\C/C=C\C/C=C\C/C=C\C/C=C\C/C=C\C/C=C\C/C=C\C/C=C\C/C=C\CCCCCCCCCCCCC(=O)OC(COC(=O)CCCCCCCCCCCCCCCCCCCCCCCC/C=C\C/C=C\C/C=C\CCCCCCC)COC(OCC[N+](C)(C)C)C(=O)[O-]. The van der Waals surface area contributed by atoms with Gasteiger partial charge in [0.1, 0.15) is 13.2 Å². The topological polar surface area (TPSA) is 111 Å². The average molecular weight is 1430 g/mol. The molecule has 0 bridgehead atoms. The van der Waals surface area contributed by atoms with Crippen molar-refractivity contribution in [2.75, 3.05) is 47.5 Å². The Morgan fingerprint density at radius 3 is 0.825 bits per heavy atom. The monoisotopic (exact) mass is 1430 g/mol. The molecule has 0 amide bonds. The molecule has 2 atom stereocenters. The summed E-state index contributed by atoms with van der Waals surface area (Å²) in [7, 11) is 5.94. The highest BCUT2D eigenvalue weighted by molar-refractivity contribution is 5.70. The minimum atomic E-state index is -1.63. The van der Waals surface area contributed by atoms with Crippen LogP contribution in [0.25, 0.3) is 0 Å². The van der Waals surface area contributed by atoms with E-state index in [9.17, 15) is 19.5 Å². The number of hydrogen-bond acceptors (Lipinski definition) is 8. The third-order valence-electron chi connectivity index (χ3n) is 18.3. The lowest BCUT2D eigenvalue weighted by molar-refractivity contribution is -0.870. The van der Waals surface area contributed by atoms with E-state index in [2.05, 4.69) is 172 Å². The Balaban J connectivity index is 4.05. The van der Waals surface area contributed by atoms with Gasteiger partial charge in [-0.15, -0.1) is 0 Å². The lowest BCUT2D eigenvalue weighted by Crippen LogP contribution is -2.44. The number of carbonyl (C=O) groups excluding carboxylic acids is 3. The standard InChI is InChI=1S/C94H159NO8/c1-6-8-10-12-14-16-18-20-22-24-26-28-30-32-34-36-38-40-42-44-45-46-47-49-51-53-55-57-59-61-63-65-67-69-71-73-75-77-79-81-83-85-92(97)103-90(89-102-94(93(98)99)100-87-86-95(3,4)5)88-101-91(96)84-82-80-78-76-74-72-70-68-66-64-62-60-58-56-54-52-50-48-43-41-39-37-35-33-31-29-27-25-23-21-19-17-15-13-11-9-7-2/h8,10,14,16,19-22,25-28,31-34,38,40,44-45,47,49,53,55,59,61,90,94H,6-7,9,11-13,15,17-18,23-24,29-30,35-37,39,41-43,46,48,50-52,54,56-58,60,62-89H2,1-5H3/b10-8-,16-14-,21-19-,22-20-,27-25-,28-26-,33-31-,34-32-,40-38-,45-44-,49-47-,55-53-,61-59-. The highest BCUT2D eigenvalue weighted by Crippen LogP contribution is 2.18. The number of quaternary nitrogens is 1. The van der Waals surface area contributed by atoms with Crippen LogP contribution in [0, 0.1) is 0 Å². The average Bonchev–Trinajstić information content (AvgIpc) is 1.01. The number of allylic oxidation sites excluding steroid dienone is 26. The van der Waals surface area contributed by atoms with E-state index in [1.165, 1.54) is 205 Å². The molecule has 0 aliphatic rings. The maximum Gasteiger partial charge on any atom is 0.306 e. The Labute approximate surface area is 635 Å². The van der Waals surface area contributed by atoms with E-state index in [1.54, 1.807) is 0 Å². The molecule has 0 aliphatic carbocycles. The van der Waals surface area contributed by atoms with E-state index >= 15 is 0 Å². The first-order chi connectivity index (χ1) is 50.6. The van der Waals surface area contributed by atoms with E-state index in [4.69, 9.17) is 18.9 Å². The van der Waals surface area contributed by atoms with Crippen LogP contribution < -0.4 is 5.11 Å². The number of carbonyl (C=O) groups is 3. The van der Waals surface area contributed by atoms with Crippen LogP contribution in [-0.2, 0) is 33.3 Å². The highest BCUT2D eigenvalue weighted by Gasteiger charge is 2.22. The number of aliphatic carboxylic acids is 1. The van der Waals surface area contributed by atoms with E-state index in [-0.39, 0.29) is 38.6 Å². The van der Waals surface area contributed by atoms with Crippen molar-refractivity contribution in [1.29, 1.82) is 0 Å². The molecule has 9 heteroatoms. The van der Waals surface area contributed by atoms with Crippen molar-refractivity contribution in [3.05, 3.63) is 158 Å². The highest BCUT2D eigenvalue weighted by atomic mass is 16.7. The first-order valence-electron chi connectivity index (χ1n) is 42.6. The van der Waals surface area contributed by atoms with Gasteiger partial charge < -0.3 is 33.3 Å². The predicted octanol–water partition coefficient (Wildman–Crippen LogP) is 26.6. The van der Waals surface area contributed by atoms with Crippen LogP contribution in [0.3, 0.4) is 0 Å². The molecule has 0 aliphatic heterocycles. The van der Waals surface area contributed by atoms with Gasteiger partial charge in [-0.3, -0.25) is 9.59 Å². The Hall–Kier alpha value is -5.09. The number of carboxylic acids is 1. The molecule has 0 aromatic rings. The molecule has 2 unspecified atom stereocenters. The van der Waals surface area contributed by atoms with E-state index < -0.39 is 24.3 Å². The van der Waals surface area contributed by atoms with Crippen molar-refractivity contribution in [3.8, 4) is 0 Å². The molecule has 0 spiro atoms. The number of carboxylic acid groups (broad SMARTS) is 1. The lowest BCUT2D eigenvalue weighted by atomic mass is 10.0. The molecule has 0 radical (unpaired) electrons. The van der Waals surface area contributed by atoms with Crippen LogP contribution in [0.15, 0.2) is 158 Å². The molecule has 9 nitrogen and oxygen atoms in total. The second-order valence-corrected chi connectivity index (χ2v) is 29.4. The zero-order chi connectivity index (χ0) is 74.6. The Kier molecular flexibility index (Phi) is 78.5. The summed E-state index contributed by atoms with van der Waals surface area (Å²) in [5.41, 5.74) is 0. The second-order valence-electron chi connectivity index (χ2n) is 29.4. The van der Waals surface area contributed by atoms with Crippen molar-refractivity contribution in [2.45, 2.75) is 373 Å². The summed E-state index contributed by atoms with van der Waals surface area (Å²) in [6.07, 6.45) is 119. The summed E-state index contributed by atoms with van der Waals surface area (Å²) in [6, 6.07) is 0. The van der Waals surface area contributed by atoms with Gasteiger partial charge in [-0.2, -0.15) is 0 Å². The minimum absolute atomic E-state index is 0.142. The number of nitrogens with zero attached hydrogens (tertiary/aromatic N) is 1. The lowest BCUT2D eigenvalue weighted by Gasteiger charge is -2.26. The molecule has 0 N–H and O–H groups in total. The first-order valence-corrected chi connectivity index (χ1v) is 42.6. The maximum absolute atomic E-state index is 13.0. The van der Waals surface area contributed by atoms with Crippen LogP contribution in [0.4, 0.5) is 0 Å². The van der Waals surface area contributed by atoms with Crippen molar-refractivity contribution in [3.63, 3.8) is 0 Å². The van der Waals surface area contributed by atoms with Gasteiger partial charge in [0.25, 0.3) is 0 Å². The fraction of sp³-hybridized carbons (Fsp3) is 0.691. The zero-order valence-corrected chi connectivity index (χ0v) is 67.4. The number of rotatable bonds is 78. The predicted molar refractivity (Wildman–Crippen MR) is 444 cm³/mol. The van der Waals surface area contributed by atoms with Crippen LogP contribution in [0.2, 0.25) is 0 Å². The van der Waals surface area contributed by atoms with Crippen molar-refractivity contribution >= 4 is 17.9 Å². The van der Waals surface area contributed by atoms with Gasteiger partial charge in [0, 0.05) is 12.8 Å². The third kappa shape index (κ3) is 84.1. The van der Waals surface area contributed by atoms with Crippen molar-refractivity contribution in [1.82, 2.24) is 0 Å². The number of ether oxygens (including phenoxy) is 4. The number of esters is 2. The van der Waals surface area contributed by atoms with Gasteiger partial charge in [-0.25, -0.2) is 0 Å². The maximum atomic E-state index is 13.0. The summed E-state index contributed by atoms with van der Waals surface area (Å²) in [5, 5.41) is 11.9. The van der Waals surface area contributed by atoms with Gasteiger partial charge in [0.05, 0.1) is 40.3 Å². The molecule has 0 heterocycles. The summed E-state index contributed by atoms with van der Waals surface area (Å²) in [4.78, 5) is 37.7. The fourth-order valence-electron chi connectivity index (χ4n) is 11.8. The largest absolute Gasteiger partial charge is 0.545 e. The molecular weight excluding hydrogens is 1270 g/mol. The summed E-state index contributed by atoms with van der Waals surface area (Å²) < 4.78 is 22.9. The Bertz CT molecular complexity index is 2270. The molecule has 0 aromatic carbocycles. The quantitative estimate of drug-likeness (QED) is 0.0195. The van der Waals surface area contributed by atoms with E-state index in [0.29, 0.717) is 17.4 Å². The van der Waals surface area contributed by atoms with Gasteiger partial charge >= 0.3 is 11.9 Å². The zero-order valence-electron chi connectivity index (χ0n) is 67.4. The number of hydrogen-bond donors (Lipinski definition) is 0. The molecule has 0 saturated heterocycles. The number of likely N-dealkylation sites (N-methyl/N-ethyl adjacent to an activating group) is 1. The van der Waals surface area contributed by atoms with Crippen LogP contribution >= 0.6 is 0 Å². The second kappa shape index (κ2) is 82.6. The number of unbranched alkanes of at least 4 members (excludes halogenated alkanes) is 37. The summed E-state index contributed by atoms with van der Waals surface area (Å²) in [6.45, 7) is 4.64. The normalized spacial score (nSPS) is 13.4. The Morgan fingerprint density at radius 2 is 0.553 bits per heavy atom. The van der Waals surface area contributed by atoms with E-state index in [0.717, 1.165) is 122 Å². The van der Waals surface area contributed by atoms with Crippen LogP contribution in [0.1, 0.15) is 361 Å². The molecular formula is C94H159NO8. The minimum Gasteiger partial charge on any atom is -0.545 e. The van der Waals surface area contributed by atoms with Crippen LogP contribution in [-0.4, -0.2) is 82.3 Å².